The van der Waals surface area contributed by atoms with Gasteiger partial charge in [-0.3, -0.25) is 9.69 Å². The minimum atomic E-state index is -0.0156. The van der Waals surface area contributed by atoms with Crippen LogP contribution in [0.25, 0.3) is 0 Å². The summed E-state index contributed by atoms with van der Waals surface area (Å²) in [4.78, 5) is 16.7. The molecule has 1 aromatic carbocycles. The molecule has 0 spiro atoms. The normalized spacial score (nSPS) is 24.5. The van der Waals surface area contributed by atoms with Gasteiger partial charge >= 0.3 is 0 Å². The van der Waals surface area contributed by atoms with Crippen LogP contribution in [0.3, 0.4) is 0 Å². The summed E-state index contributed by atoms with van der Waals surface area (Å²) in [5, 5.41) is 9.66. The number of piperidine rings is 2. The van der Waals surface area contributed by atoms with E-state index in [0.29, 0.717) is 0 Å². The quantitative estimate of drug-likeness (QED) is 0.847. The maximum Gasteiger partial charge on any atom is 0.260 e. The van der Waals surface area contributed by atoms with E-state index in [4.69, 9.17) is 4.74 Å². The highest BCUT2D eigenvalue weighted by Gasteiger charge is 2.30. The third kappa shape index (κ3) is 4.98. The van der Waals surface area contributed by atoms with Gasteiger partial charge in [0.1, 0.15) is 5.75 Å². The van der Waals surface area contributed by atoms with Crippen LogP contribution in [-0.2, 0) is 11.3 Å². The van der Waals surface area contributed by atoms with Crippen molar-refractivity contribution in [2.24, 2.45) is 5.41 Å². The molecule has 0 aromatic heterocycles. The zero-order valence-electron chi connectivity index (χ0n) is 16.0. The minimum absolute atomic E-state index is 0.0156. The summed E-state index contributed by atoms with van der Waals surface area (Å²) in [7, 11) is 0. The number of ether oxygens (including phenoxy) is 1. The van der Waals surface area contributed by atoms with E-state index in [1.165, 1.54) is 6.42 Å². The largest absolute Gasteiger partial charge is 0.483 e. The maximum absolute atomic E-state index is 12.4. The van der Waals surface area contributed by atoms with Crippen molar-refractivity contribution in [1.82, 2.24) is 9.80 Å². The van der Waals surface area contributed by atoms with Crippen molar-refractivity contribution >= 4 is 5.91 Å². The Morgan fingerprint density at radius 1 is 1.15 bits per heavy atom. The lowest BCUT2D eigenvalue weighted by Gasteiger charge is -2.39. The molecule has 1 atom stereocenters. The van der Waals surface area contributed by atoms with E-state index in [2.05, 4.69) is 17.9 Å². The zero-order valence-corrected chi connectivity index (χ0v) is 16.0. The van der Waals surface area contributed by atoms with Crippen LogP contribution in [0.1, 0.15) is 44.6 Å². The lowest BCUT2D eigenvalue weighted by atomic mass is 9.82. The van der Waals surface area contributed by atoms with E-state index < -0.39 is 0 Å². The second-order valence-corrected chi connectivity index (χ2v) is 8.12. The van der Waals surface area contributed by atoms with Gasteiger partial charge in [-0.15, -0.1) is 0 Å². The predicted molar refractivity (Wildman–Crippen MR) is 102 cm³/mol. The van der Waals surface area contributed by atoms with E-state index in [9.17, 15) is 9.90 Å². The van der Waals surface area contributed by atoms with E-state index in [-0.39, 0.29) is 24.5 Å². The summed E-state index contributed by atoms with van der Waals surface area (Å²) in [6, 6.07) is 8.00. The Kier molecular flexibility index (Phi) is 6.54. The summed E-state index contributed by atoms with van der Waals surface area (Å²) >= 11 is 0. The number of aliphatic hydroxyl groups is 1. The van der Waals surface area contributed by atoms with Crippen molar-refractivity contribution in [2.75, 3.05) is 39.4 Å². The molecule has 0 unspecified atom stereocenters. The Morgan fingerprint density at radius 3 is 2.69 bits per heavy atom. The van der Waals surface area contributed by atoms with Crippen LogP contribution in [0.15, 0.2) is 24.3 Å². The third-order valence-corrected chi connectivity index (χ3v) is 5.67. The number of nitrogens with zero attached hydrogens (tertiary/aromatic N) is 2. The molecule has 0 bridgehead atoms. The van der Waals surface area contributed by atoms with Gasteiger partial charge in [0.05, 0.1) is 0 Å². The van der Waals surface area contributed by atoms with Gasteiger partial charge in [-0.25, -0.2) is 0 Å². The third-order valence-electron chi connectivity index (χ3n) is 5.67. The van der Waals surface area contributed by atoms with Crippen LogP contribution in [-0.4, -0.2) is 60.2 Å². The first kappa shape index (κ1) is 19.2. The Labute approximate surface area is 156 Å². The lowest BCUT2D eigenvalue weighted by molar-refractivity contribution is -0.134. The predicted octanol–water partition coefficient (Wildman–Crippen LogP) is 2.67. The van der Waals surface area contributed by atoms with E-state index in [1.807, 2.05) is 23.1 Å². The summed E-state index contributed by atoms with van der Waals surface area (Å²) < 4.78 is 5.90. The number of hydrogen-bond donors (Lipinski definition) is 1. The van der Waals surface area contributed by atoms with Crippen molar-refractivity contribution in [3.05, 3.63) is 29.8 Å². The van der Waals surface area contributed by atoms with E-state index in [0.717, 1.165) is 69.7 Å². The highest BCUT2D eigenvalue weighted by atomic mass is 16.5. The van der Waals surface area contributed by atoms with Gasteiger partial charge in [0.2, 0.25) is 0 Å². The lowest BCUT2D eigenvalue weighted by Crippen LogP contribution is -2.43. The number of rotatable bonds is 6. The van der Waals surface area contributed by atoms with Gasteiger partial charge in [-0.1, -0.05) is 25.1 Å². The average Bonchev–Trinajstić information content (AvgIpc) is 2.68. The number of hydrogen-bond acceptors (Lipinski definition) is 4. The highest BCUT2D eigenvalue weighted by molar-refractivity contribution is 5.77. The molecule has 26 heavy (non-hydrogen) atoms. The molecule has 5 heteroatoms. The molecule has 5 nitrogen and oxygen atoms in total. The molecule has 1 aromatic rings. The number of benzene rings is 1. The molecule has 0 saturated carbocycles. The van der Waals surface area contributed by atoms with Crippen molar-refractivity contribution in [3.63, 3.8) is 0 Å². The number of amides is 1. The first-order valence-electron chi connectivity index (χ1n) is 9.91. The summed E-state index contributed by atoms with van der Waals surface area (Å²) in [5.41, 5.74) is 1.10. The topological polar surface area (TPSA) is 53.0 Å². The van der Waals surface area contributed by atoms with Crippen molar-refractivity contribution in [3.8, 4) is 5.75 Å². The molecule has 1 amide bonds. The molecule has 2 heterocycles. The average molecular weight is 360 g/mol. The molecular formula is C21H32N2O3. The Balaban J connectivity index is 1.58. The minimum Gasteiger partial charge on any atom is -0.483 e. The number of carbonyl (C=O) groups excluding carboxylic acids is 1. The highest BCUT2D eigenvalue weighted by Crippen LogP contribution is 2.30. The van der Waals surface area contributed by atoms with E-state index >= 15 is 0 Å². The fourth-order valence-electron chi connectivity index (χ4n) is 4.08. The van der Waals surface area contributed by atoms with Gasteiger partial charge in [0, 0.05) is 43.8 Å². The number of para-hydroxylation sites is 1. The van der Waals surface area contributed by atoms with Crippen LogP contribution < -0.4 is 4.74 Å². The van der Waals surface area contributed by atoms with Gasteiger partial charge in [0.25, 0.3) is 5.91 Å². The molecule has 1 N–H and O–H groups in total. The van der Waals surface area contributed by atoms with Gasteiger partial charge in [-0.05, 0) is 44.7 Å². The standard InChI is InChI=1S/C21H32N2O3/c1-21(17-24)10-7-11-22(16-21)14-18-8-3-4-9-19(18)26-15-20(25)23-12-5-2-6-13-23/h3-4,8-9,24H,2,5-7,10-17H2,1H3/t21-/m0/s1. The molecule has 144 valence electrons. The zero-order chi connectivity index (χ0) is 18.4. The fraction of sp³-hybridized carbons (Fsp3) is 0.667. The SMILES string of the molecule is C[C@]1(CO)CCCN(Cc2ccccc2OCC(=O)N2CCCCC2)C1. The van der Waals surface area contributed by atoms with Crippen LogP contribution in [0.5, 0.6) is 5.75 Å². The summed E-state index contributed by atoms with van der Waals surface area (Å²) in [6.07, 6.45) is 5.59. The fourth-order valence-corrected chi connectivity index (χ4v) is 4.08. The first-order valence-corrected chi connectivity index (χ1v) is 9.91. The Morgan fingerprint density at radius 2 is 1.92 bits per heavy atom. The van der Waals surface area contributed by atoms with Crippen LogP contribution >= 0.6 is 0 Å². The molecule has 2 fully saturated rings. The summed E-state index contributed by atoms with van der Waals surface area (Å²) in [6.45, 7) is 6.94. The van der Waals surface area contributed by atoms with Crippen molar-refractivity contribution in [1.29, 1.82) is 0 Å². The molecular weight excluding hydrogens is 328 g/mol. The first-order chi connectivity index (χ1) is 12.6. The number of likely N-dealkylation sites (tertiary alicyclic amines) is 2. The maximum atomic E-state index is 12.4. The monoisotopic (exact) mass is 360 g/mol. The van der Waals surface area contributed by atoms with Crippen molar-refractivity contribution < 1.29 is 14.6 Å². The van der Waals surface area contributed by atoms with Gasteiger partial charge in [-0.2, -0.15) is 0 Å². The van der Waals surface area contributed by atoms with Crippen molar-refractivity contribution in [2.45, 2.75) is 45.6 Å². The van der Waals surface area contributed by atoms with Gasteiger partial charge in [0.15, 0.2) is 6.61 Å². The number of aliphatic hydroxyl groups excluding tert-OH is 1. The Hall–Kier alpha value is -1.59. The van der Waals surface area contributed by atoms with Gasteiger partial charge < -0.3 is 14.7 Å². The molecule has 2 aliphatic heterocycles. The van der Waals surface area contributed by atoms with E-state index in [1.54, 1.807) is 0 Å². The molecule has 2 aliphatic rings. The van der Waals surface area contributed by atoms with Crippen LogP contribution in [0.2, 0.25) is 0 Å². The second-order valence-electron chi connectivity index (χ2n) is 8.12. The summed E-state index contributed by atoms with van der Waals surface area (Å²) in [5.74, 6) is 0.888. The van der Waals surface area contributed by atoms with Crippen LogP contribution in [0, 0.1) is 5.41 Å². The van der Waals surface area contributed by atoms with Crippen LogP contribution in [0.4, 0.5) is 0 Å². The molecule has 3 rings (SSSR count). The Bertz CT molecular complexity index is 601. The smallest absolute Gasteiger partial charge is 0.260 e. The number of carbonyl (C=O) groups is 1. The molecule has 0 radical (unpaired) electrons. The molecule has 2 saturated heterocycles. The second kappa shape index (κ2) is 8.87. The molecule has 0 aliphatic carbocycles.